The fraction of sp³-hybridized carbons (Fsp3) is 0.269. The minimum absolute atomic E-state index is 0.129. The monoisotopic (exact) mass is 464 g/mol. The van der Waals surface area contributed by atoms with E-state index in [9.17, 15) is 19.5 Å². The summed E-state index contributed by atoms with van der Waals surface area (Å²) in [5.74, 6) is -2.89. The van der Waals surface area contributed by atoms with Gasteiger partial charge in [-0.25, -0.2) is 14.4 Å². The number of hydrogen-bond donors (Lipinski definition) is 1. The van der Waals surface area contributed by atoms with Gasteiger partial charge >= 0.3 is 17.9 Å². The van der Waals surface area contributed by atoms with E-state index in [1.54, 1.807) is 30.9 Å². The number of hydrogen-bond acceptors (Lipinski definition) is 7. The molecule has 3 rings (SSSR count). The number of methoxy groups -OCH3 is 2. The van der Waals surface area contributed by atoms with E-state index in [4.69, 9.17) is 9.47 Å². The molecule has 0 atom stereocenters. The minimum atomic E-state index is -1.04. The number of rotatable bonds is 6. The van der Waals surface area contributed by atoms with Gasteiger partial charge in [0.25, 0.3) is 0 Å². The van der Waals surface area contributed by atoms with Crippen molar-refractivity contribution in [2.24, 2.45) is 0 Å². The molecular formula is C26H28N2O6. The molecule has 1 aliphatic heterocycles. The number of allylic oxidation sites excluding steroid dienone is 2. The second-order valence-electron chi connectivity index (χ2n) is 8.09. The third-order valence-corrected chi connectivity index (χ3v) is 5.95. The predicted octanol–water partition coefficient (Wildman–Crippen LogP) is 3.95. The average Bonchev–Trinajstić information content (AvgIpc) is 2.83. The summed E-state index contributed by atoms with van der Waals surface area (Å²) in [6.07, 6.45) is 0. The summed E-state index contributed by atoms with van der Waals surface area (Å²) in [4.78, 5) is 41.1. The first-order valence-corrected chi connectivity index (χ1v) is 10.6. The zero-order valence-electron chi connectivity index (χ0n) is 20.1. The van der Waals surface area contributed by atoms with Crippen molar-refractivity contribution in [3.05, 3.63) is 82.2 Å². The number of carbonyl (C=O) groups excluding carboxylic acids is 2. The average molecular weight is 465 g/mol. The van der Waals surface area contributed by atoms with Crippen LogP contribution in [0.3, 0.4) is 0 Å². The van der Waals surface area contributed by atoms with Gasteiger partial charge in [-0.3, -0.25) is 0 Å². The molecule has 0 amide bonds. The molecule has 1 N–H and O–H groups in total. The van der Waals surface area contributed by atoms with Crippen molar-refractivity contribution in [1.82, 2.24) is 0 Å². The molecular weight excluding hydrogens is 436 g/mol. The smallest absolute Gasteiger partial charge is 0.336 e. The summed E-state index contributed by atoms with van der Waals surface area (Å²) in [5, 5.41) is 9.24. The number of nitrogens with zero attached hydrogens (tertiary/aromatic N) is 2. The Labute approximate surface area is 198 Å². The lowest BCUT2D eigenvalue weighted by Gasteiger charge is -2.37. The van der Waals surface area contributed by atoms with Gasteiger partial charge in [-0.1, -0.05) is 12.1 Å². The molecule has 2 aromatic carbocycles. The van der Waals surface area contributed by atoms with Crippen LogP contribution < -0.4 is 9.80 Å². The van der Waals surface area contributed by atoms with Crippen molar-refractivity contribution < 1.29 is 29.0 Å². The summed E-state index contributed by atoms with van der Waals surface area (Å²) in [6, 6.07) is 13.8. The lowest BCUT2D eigenvalue weighted by molar-refractivity contribution is -0.137. The zero-order valence-corrected chi connectivity index (χ0v) is 20.1. The van der Waals surface area contributed by atoms with E-state index < -0.39 is 23.8 Å². The highest BCUT2D eigenvalue weighted by Crippen LogP contribution is 2.44. The molecule has 2 aromatic rings. The molecule has 0 radical (unpaired) electrons. The Bertz CT molecular complexity index is 1140. The van der Waals surface area contributed by atoms with E-state index in [1.807, 2.05) is 43.3 Å². The number of aromatic carboxylic acids is 1. The van der Waals surface area contributed by atoms with E-state index in [0.717, 1.165) is 11.3 Å². The van der Waals surface area contributed by atoms with E-state index in [2.05, 4.69) is 0 Å². The molecule has 0 saturated heterocycles. The molecule has 8 nitrogen and oxygen atoms in total. The quantitative estimate of drug-likeness (QED) is 0.642. The predicted molar refractivity (Wildman–Crippen MR) is 129 cm³/mol. The first-order chi connectivity index (χ1) is 16.1. The second-order valence-corrected chi connectivity index (χ2v) is 8.09. The van der Waals surface area contributed by atoms with Gasteiger partial charge in [0.1, 0.15) is 0 Å². The van der Waals surface area contributed by atoms with Crippen LogP contribution in [0, 0.1) is 0 Å². The largest absolute Gasteiger partial charge is 0.478 e. The van der Waals surface area contributed by atoms with Crippen LogP contribution in [0.5, 0.6) is 0 Å². The van der Waals surface area contributed by atoms with Crippen LogP contribution in [-0.4, -0.2) is 51.3 Å². The maximum Gasteiger partial charge on any atom is 0.336 e. The minimum Gasteiger partial charge on any atom is -0.478 e. The molecule has 178 valence electrons. The normalized spacial score (nSPS) is 14.2. The Kier molecular flexibility index (Phi) is 7.10. The first kappa shape index (κ1) is 24.6. The summed E-state index contributed by atoms with van der Waals surface area (Å²) in [6.45, 7) is 3.55. The van der Waals surface area contributed by atoms with E-state index in [1.165, 1.54) is 26.4 Å². The third-order valence-electron chi connectivity index (χ3n) is 5.95. The van der Waals surface area contributed by atoms with Crippen molar-refractivity contribution in [1.29, 1.82) is 0 Å². The van der Waals surface area contributed by atoms with Crippen LogP contribution in [0.15, 0.2) is 71.1 Å². The van der Waals surface area contributed by atoms with Crippen LogP contribution in [0.4, 0.5) is 11.4 Å². The highest BCUT2D eigenvalue weighted by atomic mass is 16.5. The number of ether oxygens (including phenoxy) is 2. The van der Waals surface area contributed by atoms with Crippen LogP contribution in [-0.2, 0) is 19.1 Å². The van der Waals surface area contributed by atoms with Gasteiger partial charge in [0.2, 0.25) is 0 Å². The number of anilines is 2. The van der Waals surface area contributed by atoms with Crippen LogP contribution in [0.1, 0.15) is 35.7 Å². The molecule has 0 spiro atoms. The van der Waals surface area contributed by atoms with E-state index in [0.29, 0.717) is 28.2 Å². The van der Waals surface area contributed by atoms with Crippen molar-refractivity contribution in [2.75, 3.05) is 38.1 Å². The van der Waals surface area contributed by atoms with Gasteiger partial charge < -0.3 is 24.4 Å². The van der Waals surface area contributed by atoms with Crippen molar-refractivity contribution >= 4 is 29.3 Å². The summed E-state index contributed by atoms with van der Waals surface area (Å²) < 4.78 is 10.2. The van der Waals surface area contributed by atoms with E-state index in [-0.39, 0.29) is 5.56 Å². The molecule has 0 aliphatic carbocycles. The Morgan fingerprint density at radius 2 is 1.29 bits per heavy atom. The second kappa shape index (κ2) is 9.82. The van der Waals surface area contributed by atoms with Crippen molar-refractivity contribution in [2.45, 2.75) is 19.8 Å². The number of esters is 2. The molecule has 0 bridgehead atoms. The SMILES string of the molecule is COC(=O)C1=C(C)N(c2ccc(C(=O)O)cc2)C(C)=C(C(=O)OC)C1c1ccc(N(C)C)cc1. The van der Waals surface area contributed by atoms with Gasteiger partial charge in [0.05, 0.1) is 36.8 Å². The first-order valence-electron chi connectivity index (χ1n) is 10.6. The summed E-state index contributed by atoms with van der Waals surface area (Å²) in [5.41, 5.74) is 4.19. The highest BCUT2D eigenvalue weighted by Gasteiger charge is 2.40. The molecule has 0 saturated carbocycles. The lowest BCUT2D eigenvalue weighted by atomic mass is 9.79. The topological polar surface area (TPSA) is 96.4 Å². The molecule has 8 heteroatoms. The maximum atomic E-state index is 13.1. The number of carboxylic acids is 1. The fourth-order valence-corrected chi connectivity index (χ4v) is 4.24. The molecule has 0 aromatic heterocycles. The van der Waals surface area contributed by atoms with Crippen molar-refractivity contribution in [3.8, 4) is 0 Å². The molecule has 34 heavy (non-hydrogen) atoms. The Morgan fingerprint density at radius 3 is 1.68 bits per heavy atom. The van der Waals surface area contributed by atoms with E-state index >= 15 is 0 Å². The van der Waals surface area contributed by atoms with Gasteiger partial charge in [0.15, 0.2) is 0 Å². The Balaban J connectivity index is 2.27. The Morgan fingerprint density at radius 1 is 0.824 bits per heavy atom. The van der Waals surface area contributed by atoms with Crippen LogP contribution in [0.2, 0.25) is 0 Å². The molecule has 1 heterocycles. The van der Waals surface area contributed by atoms with Gasteiger partial charge in [-0.15, -0.1) is 0 Å². The van der Waals surface area contributed by atoms with Crippen LogP contribution >= 0.6 is 0 Å². The highest BCUT2D eigenvalue weighted by molar-refractivity contribution is 6.01. The Hall–Kier alpha value is -4.07. The molecule has 0 unspecified atom stereocenters. The summed E-state index contributed by atoms with van der Waals surface area (Å²) in [7, 11) is 6.45. The molecule has 0 fully saturated rings. The van der Waals surface area contributed by atoms with Gasteiger partial charge in [0, 0.05) is 36.9 Å². The maximum absolute atomic E-state index is 13.1. The van der Waals surface area contributed by atoms with Gasteiger partial charge in [-0.2, -0.15) is 0 Å². The third kappa shape index (κ3) is 4.39. The number of benzene rings is 2. The van der Waals surface area contributed by atoms with Crippen molar-refractivity contribution in [3.63, 3.8) is 0 Å². The standard InChI is InChI=1S/C26H28N2O6/c1-15-21(25(31)33-5)23(17-7-11-19(12-8-17)27(3)4)22(26(32)34-6)16(2)28(15)20-13-9-18(10-14-20)24(29)30/h7-14,23H,1-6H3,(H,29,30). The zero-order chi connectivity index (χ0) is 25.2. The summed E-state index contributed by atoms with van der Waals surface area (Å²) >= 11 is 0. The number of carboxylic acid groups (broad SMARTS) is 1. The molecule has 1 aliphatic rings. The lowest BCUT2D eigenvalue weighted by Crippen LogP contribution is -2.35. The van der Waals surface area contributed by atoms with Crippen LogP contribution in [0.25, 0.3) is 0 Å². The van der Waals surface area contributed by atoms with Gasteiger partial charge in [-0.05, 0) is 55.8 Å². The number of carbonyl (C=O) groups is 3. The fourth-order valence-electron chi connectivity index (χ4n) is 4.24.